The molecule has 0 aliphatic carbocycles. The number of aliphatic hydroxyl groups is 2. The van der Waals surface area contributed by atoms with E-state index < -0.39 is 30.0 Å². The Bertz CT molecular complexity index is 1140. The van der Waals surface area contributed by atoms with Crippen LogP contribution < -0.4 is 4.74 Å². The predicted octanol–water partition coefficient (Wildman–Crippen LogP) is 1.95. The van der Waals surface area contributed by atoms with Gasteiger partial charge in [-0.05, 0) is 32.0 Å². The molecule has 1 aliphatic rings. The Balaban J connectivity index is 1.96. The third-order valence-corrected chi connectivity index (χ3v) is 5.85. The Morgan fingerprint density at radius 2 is 2.09 bits per heavy atom. The minimum absolute atomic E-state index is 0.0425. The standard InChI is InChI=1S/C26H30FN3O5/c1-16-13-30(17(2)15-31)26(34)21-11-19(10-9-18(3)32)12-28-24(21)35-23(16)14-29(4)25(33)20-7-5-6-8-22(20)27/h5-8,11-12,16-18,23,31-32H,13-15H2,1-4H3/t16-,17-,18-,23-/m1/s1. The summed E-state index contributed by atoms with van der Waals surface area (Å²) in [7, 11) is 1.56. The highest BCUT2D eigenvalue weighted by atomic mass is 19.1. The van der Waals surface area contributed by atoms with Crippen LogP contribution in [0.4, 0.5) is 4.39 Å². The molecule has 1 aromatic carbocycles. The maximum Gasteiger partial charge on any atom is 0.259 e. The highest BCUT2D eigenvalue weighted by Crippen LogP contribution is 2.27. The van der Waals surface area contributed by atoms with E-state index in [1.54, 1.807) is 31.0 Å². The second-order valence-corrected chi connectivity index (χ2v) is 8.81. The van der Waals surface area contributed by atoms with E-state index in [0.717, 1.165) is 0 Å². The van der Waals surface area contributed by atoms with Gasteiger partial charge in [0.15, 0.2) is 0 Å². The minimum Gasteiger partial charge on any atom is -0.472 e. The van der Waals surface area contributed by atoms with Crippen molar-refractivity contribution in [1.29, 1.82) is 0 Å². The number of aliphatic hydroxyl groups excluding tert-OH is 2. The van der Waals surface area contributed by atoms with Crippen LogP contribution in [0.25, 0.3) is 0 Å². The zero-order valence-electron chi connectivity index (χ0n) is 20.2. The summed E-state index contributed by atoms with van der Waals surface area (Å²) in [4.78, 5) is 33.5. The summed E-state index contributed by atoms with van der Waals surface area (Å²) < 4.78 is 20.3. The van der Waals surface area contributed by atoms with Crippen LogP contribution in [0.5, 0.6) is 5.88 Å². The number of nitrogens with zero attached hydrogens (tertiary/aromatic N) is 3. The number of amides is 2. The Morgan fingerprint density at radius 1 is 1.37 bits per heavy atom. The van der Waals surface area contributed by atoms with Crippen molar-refractivity contribution in [2.45, 2.75) is 39.0 Å². The second kappa shape index (κ2) is 11.3. The maximum atomic E-state index is 14.2. The van der Waals surface area contributed by atoms with Gasteiger partial charge >= 0.3 is 0 Å². The maximum absolute atomic E-state index is 14.2. The van der Waals surface area contributed by atoms with Gasteiger partial charge in [0, 0.05) is 31.3 Å². The van der Waals surface area contributed by atoms with Gasteiger partial charge in [0.25, 0.3) is 11.8 Å². The molecule has 2 heterocycles. The number of carbonyl (C=O) groups is 2. The summed E-state index contributed by atoms with van der Waals surface area (Å²) in [5.74, 6) is 3.76. The number of pyridine rings is 1. The van der Waals surface area contributed by atoms with Crippen LogP contribution in [0.1, 0.15) is 47.1 Å². The predicted molar refractivity (Wildman–Crippen MR) is 127 cm³/mol. The van der Waals surface area contributed by atoms with Gasteiger partial charge in [-0.3, -0.25) is 9.59 Å². The highest BCUT2D eigenvalue weighted by Gasteiger charge is 2.35. The van der Waals surface area contributed by atoms with E-state index in [1.807, 2.05) is 6.92 Å². The fraction of sp³-hybridized carbons (Fsp3) is 0.423. The smallest absolute Gasteiger partial charge is 0.259 e. The molecule has 0 radical (unpaired) electrons. The van der Waals surface area contributed by atoms with Crippen LogP contribution in [0.15, 0.2) is 36.5 Å². The third kappa shape index (κ3) is 6.15. The van der Waals surface area contributed by atoms with Crippen molar-refractivity contribution in [3.05, 3.63) is 59.0 Å². The molecule has 2 amide bonds. The zero-order valence-corrected chi connectivity index (χ0v) is 20.2. The summed E-state index contributed by atoms with van der Waals surface area (Å²) in [6.45, 7) is 5.28. The Kier molecular flexibility index (Phi) is 8.43. The molecule has 0 bridgehead atoms. The molecule has 186 valence electrons. The average Bonchev–Trinajstić information content (AvgIpc) is 2.84. The topological polar surface area (TPSA) is 103 Å². The van der Waals surface area contributed by atoms with E-state index in [2.05, 4.69) is 16.8 Å². The first-order valence-electron chi connectivity index (χ1n) is 11.4. The number of carbonyl (C=O) groups excluding carboxylic acids is 2. The number of likely N-dealkylation sites (N-methyl/N-ethyl adjacent to an activating group) is 1. The fourth-order valence-electron chi connectivity index (χ4n) is 3.77. The van der Waals surface area contributed by atoms with Crippen molar-refractivity contribution in [3.8, 4) is 17.7 Å². The highest BCUT2D eigenvalue weighted by molar-refractivity contribution is 5.97. The van der Waals surface area contributed by atoms with Gasteiger partial charge < -0.3 is 24.7 Å². The second-order valence-electron chi connectivity index (χ2n) is 8.81. The van der Waals surface area contributed by atoms with E-state index in [-0.39, 0.29) is 48.5 Å². The first kappa shape index (κ1) is 26.1. The molecule has 8 nitrogen and oxygen atoms in total. The number of aromatic nitrogens is 1. The van der Waals surface area contributed by atoms with Crippen LogP contribution in [-0.2, 0) is 0 Å². The molecule has 9 heteroatoms. The molecule has 0 saturated heterocycles. The van der Waals surface area contributed by atoms with Crippen LogP contribution in [0.2, 0.25) is 0 Å². The van der Waals surface area contributed by atoms with Crippen LogP contribution in [0, 0.1) is 23.6 Å². The molecule has 2 aromatic rings. The molecular weight excluding hydrogens is 453 g/mol. The lowest BCUT2D eigenvalue weighted by Gasteiger charge is -2.37. The lowest BCUT2D eigenvalue weighted by atomic mass is 9.99. The fourth-order valence-corrected chi connectivity index (χ4v) is 3.77. The molecule has 1 aliphatic heterocycles. The third-order valence-electron chi connectivity index (χ3n) is 5.85. The summed E-state index contributed by atoms with van der Waals surface area (Å²) in [5.41, 5.74) is 0.553. The average molecular weight is 484 g/mol. The van der Waals surface area contributed by atoms with E-state index in [4.69, 9.17) is 4.74 Å². The lowest BCUT2D eigenvalue weighted by Crippen LogP contribution is -2.50. The zero-order chi connectivity index (χ0) is 25.7. The summed E-state index contributed by atoms with van der Waals surface area (Å²) >= 11 is 0. The van der Waals surface area contributed by atoms with Crippen molar-refractivity contribution in [1.82, 2.24) is 14.8 Å². The van der Waals surface area contributed by atoms with E-state index in [1.165, 1.54) is 36.2 Å². The molecular formula is C26H30FN3O5. The number of hydrogen-bond donors (Lipinski definition) is 2. The van der Waals surface area contributed by atoms with Gasteiger partial charge in [-0.15, -0.1) is 0 Å². The van der Waals surface area contributed by atoms with Crippen LogP contribution >= 0.6 is 0 Å². The SMILES string of the molecule is C[C@@H]1CN([C@H](C)CO)C(=O)c2cc(C#C[C@@H](C)O)cnc2O[C@@H]1CN(C)C(=O)c1ccccc1F. The van der Waals surface area contributed by atoms with Crippen molar-refractivity contribution in [2.24, 2.45) is 5.92 Å². The monoisotopic (exact) mass is 483 g/mol. The minimum atomic E-state index is -0.845. The van der Waals surface area contributed by atoms with Crippen LogP contribution in [0.3, 0.4) is 0 Å². The molecule has 0 unspecified atom stereocenters. The van der Waals surface area contributed by atoms with E-state index >= 15 is 0 Å². The quantitative estimate of drug-likeness (QED) is 0.631. The molecule has 3 rings (SSSR count). The van der Waals surface area contributed by atoms with Gasteiger partial charge in [-0.25, -0.2) is 9.37 Å². The molecule has 4 atom stereocenters. The normalized spacial score (nSPS) is 19.3. The van der Waals surface area contributed by atoms with Gasteiger partial charge in [-0.2, -0.15) is 0 Å². The van der Waals surface area contributed by atoms with E-state index in [9.17, 15) is 24.2 Å². The summed E-state index contributed by atoms with van der Waals surface area (Å²) in [6, 6.07) is 6.83. The van der Waals surface area contributed by atoms with E-state index in [0.29, 0.717) is 5.56 Å². The summed E-state index contributed by atoms with van der Waals surface area (Å²) in [5, 5.41) is 19.2. The molecule has 0 fully saturated rings. The first-order valence-corrected chi connectivity index (χ1v) is 11.4. The van der Waals surface area contributed by atoms with Gasteiger partial charge in [0.1, 0.15) is 23.6 Å². The first-order chi connectivity index (χ1) is 16.6. The molecule has 1 aromatic heterocycles. The largest absolute Gasteiger partial charge is 0.472 e. The van der Waals surface area contributed by atoms with Gasteiger partial charge in [-0.1, -0.05) is 30.9 Å². The molecule has 0 saturated carbocycles. The number of hydrogen-bond acceptors (Lipinski definition) is 6. The number of benzene rings is 1. The van der Waals surface area contributed by atoms with Gasteiger partial charge in [0.05, 0.1) is 24.8 Å². The lowest BCUT2D eigenvalue weighted by molar-refractivity contribution is 0.0312. The molecule has 35 heavy (non-hydrogen) atoms. The van der Waals surface area contributed by atoms with Crippen LogP contribution in [-0.4, -0.2) is 81.8 Å². The van der Waals surface area contributed by atoms with Crippen molar-refractivity contribution in [2.75, 3.05) is 26.7 Å². The number of fused-ring (bicyclic) bond motifs is 1. The van der Waals surface area contributed by atoms with Crippen molar-refractivity contribution < 1.29 is 28.9 Å². The number of halogens is 1. The number of rotatable bonds is 5. The van der Waals surface area contributed by atoms with Crippen molar-refractivity contribution in [3.63, 3.8) is 0 Å². The summed E-state index contributed by atoms with van der Waals surface area (Å²) in [6.07, 6.45) is 0.0271. The number of ether oxygens (including phenoxy) is 1. The Morgan fingerprint density at radius 3 is 2.74 bits per heavy atom. The van der Waals surface area contributed by atoms with Gasteiger partial charge in [0.2, 0.25) is 5.88 Å². The Hall–Kier alpha value is -3.48. The Labute approximate surface area is 204 Å². The molecule has 0 spiro atoms. The van der Waals surface area contributed by atoms with Crippen molar-refractivity contribution >= 4 is 11.8 Å². The molecule has 2 N–H and O–H groups in total.